The van der Waals surface area contributed by atoms with Crippen LogP contribution in [0.2, 0.25) is 5.02 Å². The largest absolute Gasteiger partial charge is 0.462 e. The number of nitrogen functional groups attached to an aromatic ring is 1. The van der Waals surface area contributed by atoms with Crippen molar-refractivity contribution in [2.75, 3.05) is 12.3 Å². The van der Waals surface area contributed by atoms with Crippen molar-refractivity contribution in [2.45, 2.75) is 39.0 Å². The fourth-order valence-corrected chi connectivity index (χ4v) is 4.04. The number of hydrogen-bond acceptors (Lipinski definition) is 6. The van der Waals surface area contributed by atoms with Gasteiger partial charge in [-0.25, -0.2) is 9.78 Å². The highest BCUT2D eigenvalue weighted by Crippen LogP contribution is 2.39. The second-order valence-electron chi connectivity index (χ2n) is 7.35. The van der Waals surface area contributed by atoms with E-state index in [1.165, 1.54) is 0 Å². The highest BCUT2D eigenvalue weighted by atomic mass is 79.9. The number of nitrogens with two attached hydrogens (primary N) is 1. The van der Waals surface area contributed by atoms with Gasteiger partial charge < -0.3 is 19.8 Å². The number of rotatable bonds is 7. The first-order valence-electron chi connectivity index (χ1n) is 9.91. The molecule has 9 heteroatoms. The molecular formula is C22H21BrClN3O4. The number of carbonyl (C=O) groups excluding carboxylic acids is 1. The van der Waals surface area contributed by atoms with Crippen LogP contribution in [0.5, 0.6) is 0 Å². The number of esters is 1. The average Bonchev–Trinajstić information content (AvgIpc) is 3.57. The van der Waals surface area contributed by atoms with E-state index in [2.05, 4.69) is 20.9 Å². The van der Waals surface area contributed by atoms with E-state index in [1.807, 2.05) is 4.57 Å². The van der Waals surface area contributed by atoms with E-state index < -0.39 is 5.97 Å². The molecule has 1 aliphatic rings. The molecule has 0 radical (unpaired) electrons. The van der Waals surface area contributed by atoms with Crippen LogP contribution in [0.1, 0.15) is 47.3 Å². The predicted octanol–water partition coefficient (Wildman–Crippen LogP) is 4.62. The van der Waals surface area contributed by atoms with Crippen molar-refractivity contribution < 1.29 is 14.3 Å². The quantitative estimate of drug-likeness (QED) is 0.470. The van der Waals surface area contributed by atoms with Crippen LogP contribution in [0.15, 0.2) is 39.9 Å². The Bertz CT molecular complexity index is 1220. The summed E-state index contributed by atoms with van der Waals surface area (Å²) in [6.07, 6.45) is 5.16. The number of fused-ring (bicyclic) bond motifs is 1. The zero-order valence-corrected chi connectivity index (χ0v) is 19.2. The molecule has 0 spiro atoms. The van der Waals surface area contributed by atoms with Crippen LogP contribution < -0.4 is 11.2 Å². The first-order chi connectivity index (χ1) is 14.9. The minimum Gasteiger partial charge on any atom is -0.462 e. The third-order valence-corrected chi connectivity index (χ3v) is 6.20. The van der Waals surface area contributed by atoms with Crippen LogP contribution >= 0.6 is 27.5 Å². The lowest BCUT2D eigenvalue weighted by molar-refractivity contribution is 0.0524. The molecule has 1 aromatic carbocycles. The van der Waals surface area contributed by atoms with Crippen LogP contribution in [0, 0.1) is 0 Å². The molecule has 0 saturated heterocycles. The number of carbonyl (C=O) groups is 1. The molecule has 162 valence electrons. The number of aromatic nitrogens is 2. The standard InChI is InChI=1S/C22H21BrClN3O4/c1-2-31-22(29)15-9-27(13-3-4-13)20-14(21(15)28)5-6-18(24)16(20)11-30-10-12-7-19(25)26-8-17(12)23/h5-9,13H,2-4,10-11H2,1H3,(H2,25,26). The highest BCUT2D eigenvalue weighted by Gasteiger charge is 2.28. The fraction of sp³-hybridized carbons (Fsp3) is 0.318. The number of halogens is 2. The average molecular weight is 507 g/mol. The van der Waals surface area contributed by atoms with Crippen LogP contribution in [-0.4, -0.2) is 22.1 Å². The second-order valence-corrected chi connectivity index (χ2v) is 8.61. The van der Waals surface area contributed by atoms with Gasteiger partial charge >= 0.3 is 5.97 Å². The molecule has 7 nitrogen and oxygen atoms in total. The van der Waals surface area contributed by atoms with Crippen molar-refractivity contribution in [3.05, 3.63) is 67.0 Å². The molecule has 1 saturated carbocycles. The van der Waals surface area contributed by atoms with Crippen LogP contribution in [0.3, 0.4) is 0 Å². The Morgan fingerprint density at radius 3 is 2.84 bits per heavy atom. The van der Waals surface area contributed by atoms with Crippen molar-refractivity contribution in [1.82, 2.24) is 9.55 Å². The number of hydrogen-bond donors (Lipinski definition) is 1. The third-order valence-electron chi connectivity index (χ3n) is 5.14. The summed E-state index contributed by atoms with van der Waals surface area (Å²) in [5.41, 5.74) is 7.68. The van der Waals surface area contributed by atoms with Gasteiger partial charge in [-0.1, -0.05) is 11.6 Å². The Morgan fingerprint density at radius 2 is 2.13 bits per heavy atom. The molecule has 2 heterocycles. The van der Waals surface area contributed by atoms with Crippen LogP contribution in [0.4, 0.5) is 5.82 Å². The monoisotopic (exact) mass is 505 g/mol. The summed E-state index contributed by atoms with van der Waals surface area (Å²) < 4.78 is 13.8. The van der Waals surface area contributed by atoms with Gasteiger partial charge in [-0.2, -0.15) is 0 Å². The number of nitrogens with zero attached hydrogens (tertiary/aromatic N) is 2. The summed E-state index contributed by atoms with van der Waals surface area (Å²) in [5.74, 6) is -0.212. The smallest absolute Gasteiger partial charge is 0.343 e. The Morgan fingerprint density at radius 1 is 1.35 bits per heavy atom. The van der Waals surface area contributed by atoms with Gasteiger partial charge in [-0.3, -0.25) is 4.79 Å². The maximum Gasteiger partial charge on any atom is 0.343 e. The molecule has 0 atom stereocenters. The van der Waals surface area contributed by atoms with Gasteiger partial charge in [0.05, 0.1) is 25.3 Å². The Balaban J connectivity index is 1.74. The van der Waals surface area contributed by atoms with Gasteiger partial charge in [0.1, 0.15) is 11.4 Å². The van der Waals surface area contributed by atoms with Gasteiger partial charge in [0.25, 0.3) is 0 Å². The molecule has 31 heavy (non-hydrogen) atoms. The Labute approximate surface area is 192 Å². The number of ether oxygens (including phenoxy) is 2. The van der Waals surface area contributed by atoms with E-state index in [0.29, 0.717) is 27.3 Å². The zero-order chi connectivity index (χ0) is 22.1. The van der Waals surface area contributed by atoms with E-state index in [4.69, 9.17) is 26.8 Å². The molecule has 2 N–H and O–H groups in total. The van der Waals surface area contributed by atoms with Crippen LogP contribution in [0.25, 0.3) is 10.9 Å². The Kier molecular flexibility index (Phi) is 6.31. The summed E-state index contributed by atoms with van der Waals surface area (Å²) in [6, 6.07) is 5.27. The molecule has 0 unspecified atom stereocenters. The van der Waals surface area contributed by atoms with Crippen molar-refractivity contribution in [3.63, 3.8) is 0 Å². The second kappa shape index (κ2) is 8.98. The molecule has 1 fully saturated rings. The summed E-state index contributed by atoms with van der Waals surface area (Å²) in [4.78, 5) is 29.4. The van der Waals surface area contributed by atoms with Crippen LogP contribution in [-0.2, 0) is 22.7 Å². The summed E-state index contributed by atoms with van der Waals surface area (Å²) in [6.45, 7) is 2.39. The molecule has 0 aliphatic heterocycles. The molecule has 0 bridgehead atoms. The summed E-state index contributed by atoms with van der Waals surface area (Å²) >= 11 is 9.96. The lowest BCUT2D eigenvalue weighted by Crippen LogP contribution is -2.21. The molecule has 1 aliphatic carbocycles. The lowest BCUT2D eigenvalue weighted by Gasteiger charge is -2.17. The van der Waals surface area contributed by atoms with Crippen molar-refractivity contribution in [2.24, 2.45) is 0 Å². The summed E-state index contributed by atoms with van der Waals surface area (Å²) in [7, 11) is 0. The number of pyridine rings is 2. The van der Waals surface area contributed by atoms with E-state index in [0.717, 1.165) is 22.9 Å². The minimum atomic E-state index is -0.614. The fourth-order valence-electron chi connectivity index (χ4n) is 3.50. The van der Waals surface area contributed by atoms with Gasteiger partial charge in [0, 0.05) is 38.9 Å². The molecule has 0 amide bonds. The van der Waals surface area contributed by atoms with E-state index in [1.54, 1.807) is 37.5 Å². The number of anilines is 1. The van der Waals surface area contributed by atoms with Gasteiger partial charge in [0.2, 0.25) is 5.43 Å². The van der Waals surface area contributed by atoms with E-state index in [9.17, 15) is 9.59 Å². The molecule has 3 aromatic rings. The number of benzene rings is 1. The van der Waals surface area contributed by atoms with Crippen molar-refractivity contribution in [1.29, 1.82) is 0 Å². The third kappa shape index (κ3) is 4.46. The van der Waals surface area contributed by atoms with Gasteiger partial charge in [0.15, 0.2) is 0 Å². The molecule has 2 aromatic heterocycles. The molecular weight excluding hydrogens is 486 g/mol. The minimum absolute atomic E-state index is 0.0339. The van der Waals surface area contributed by atoms with E-state index >= 15 is 0 Å². The van der Waals surface area contributed by atoms with E-state index in [-0.39, 0.29) is 36.9 Å². The SMILES string of the molecule is CCOC(=O)c1cn(C2CC2)c2c(COCc3cc(N)ncc3Br)c(Cl)ccc2c1=O. The topological polar surface area (TPSA) is 96.4 Å². The first-order valence-corrected chi connectivity index (χ1v) is 11.1. The van der Waals surface area contributed by atoms with Crippen molar-refractivity contribution in [3.8, 4) is 0 Å². The Hall–Kier alpha value is -2.42. The maximum absolute atomic E-state index is 13.1. The zero-order valence-electron chi connectivity index (χ0n) is 16.9. The maximum atomic E-state index is 13.1. The normalized spacial score (nSPS) is 13.5. The van der Waals surface area contributed by atoms with Crippen molar-refractivity contribution >= 4 is 50.2 Å². The van der Waals surface area contributed by atoms with Gasteiger partial charge in [-0.05, 0) is 59.5 Å². The predicted molar refractivity (Wildman–Crippen MR) is 122 cm³/mol. The first kappa shape index (κ1) is 21.8. The van der Waals surface area contributed by atoms with Gasteiger partial charge in [-0.15, -0.1) is 0 Å². The molecule has 4 rings (SSSR count). The summed E-state index contributed by atoms with van der Waals surface area (Å²) in [5, 5.41) is 0.924. The highest BCUT2D eigenvalue weighted by molar-refractivity contribution is 9.10. The lowest BCUT2D eigenvalue weighted by atomic mass is 10.1.